The fraction of sp³-hybridized carbons (Fsp3) is 0.625. The molecule has 2 heterocycles. The highest BCUT2D eigenvalue weighted by molar-refractivity contribution is 5.37. The minimum Gasteiger partial charge on any atom is -0.492 e. The zero-order valence-corrected chi connectivity index (χ0v) is 13.1. The number of hydrogen-bond acceptors (Lipinski definition) is 6. The Kier molecular flexibility index (Phi) is 5.43. The van der Waals surface area contributed by atoms with E-state index >= 15 is 0 Å². The molecule has 7 heteroatoms. The molecule has 2 saturated heterocycles. The normalized spacial score (nSPS) is 23.0. The number of likely N-dealkylation sites (tertiary alicyclic amines) is 1. The lowest BCUT2D eigenvalue weighted by atomic mass is 9.97. The Hall–Kier alpha value is -1.70. The summed E-state index contributed by atoms with van der Waals surface area (Å²) in [6.07, 6.45) is 2.20. The summed E-state index contributed by atoms with van der Waals surface area (Å²) in [5.41, 5.74) is 0.0519. The average molecular weight is 322 g/mol. The lowest BCUT2D eigenvalue weighted by Crippen LogP contribution is -2.42. The summed E-state index contributed by atoms with van der Waals surface area (Å²) in [7, 11) is 0. The van der Waals surface area contributed by atoms with Crippen LogP contribution < -0.4 is 4.74 Å². The summed E-state index contributed by atoms with van der Waals surface area (Å²) in [6, 6.07) is 6.30. The van der Waals surface area contributed by atoms with Crippen molar-refractivity contribution in [2.75, 3.05) is 39.5 Å². The molecule has 7 nitrogen and oxygen atoms in total. The van der Waals surface area contributed by atoms with Gasteiger partial charge in [0, 0.05) is 25.1 Å². The van der Waals surface area contributed by atoms with E-state index < -0.39 is 4.92 Å². The van der Waals surface area contributed by atoms with Crippen LogP contribution in [0.5, 0.6) is 5.75 Å². The molecule has 0 aliphatic carbocycles. The van der Waals surface area contributed by atoms with E-state index in [1.165, 1.54) is 12.1 Å². The van der Waals surface area contributed by atoms with Gasteiger partial charge in [-0.1, -0.05) is 6.07 Å². The van der Waals surface area contributed by atoms with Gasteiger partial charge in [0.25, 0.3) is 5.69 Å². The van der Waals surface area contributed by atoms with Crippen LogP contribution in [-0.2, 0) is 9.47 Å². The molecule has 1 atom stereocenters. The third-order valence-corrected chi connectivity index (χ3v) is 4.28. The molecule has 0 spiro atoms. The first kappa shape index (κ1) is 16.2. The van der Waals surface area contributed by atoms with Gasteiger partial charge in [0.05, 0.1) is 24.2 Å². The molecule has 0 bridgehead atoms. The van der Waals surface area contributed by atoms with Crippen molar-refractivity contribution in [3.8, 4) is 5.75 Å². The van der Waals surface area contributed by atoms with Gasteiger partial charge < -0.3 is 14.2 Å². The van der Waals surface area contributed by atoms with Gasteiger partial charge in [0.2, 0.25) is 0 Å². The van der Waals surface area contributed by atoms with Crippen molar-refractivity contribution in [1.29, 1.82) is 0 Å². The third kappa shape index (κ3) is 4.40. The third-order valence-electron chi connectivity index (χ3n) is 4.28. The molecule has 0 aromatic heterocycles. The topological polar surface area (TPSA) is 74.1 Å². The number of nitro groups is 1. The Bertz CT molecular complexity index is 533. The second-order valence-corrected chi connectivity index (χ2v) is 5.92. The number of nitro benzene ring substituents is 1. The van der Waals surface area contributed by atoms with Crippen LogP contribution in [0, 0.1) is 16.0 Å². The Morgan fingerprint density at radius 2 is 2.17 bits per heavy atom. The number of benzene rings is 1. The molecule has 0 N–H and O–H groups in total. The van der Waals surface area contributed by atoms with Crippen molar-refractivity contribution in [2.24, 2.45) is 5.92 Å². The van der Waals surface area contributed by atoms with Crippen LogP contribution >= 0.6 is 0 Å². The maximum Gasteiger partial charge on any atom is 0.273 e. The average Bonchev–Trinajstić information content (AvgIpc) is 3.10. The maximum absolute atomic E-state index is 10.8. The number of non-ortho nitro benzene ring substituents is 1. The second-order valence-electron chi connectivity index (χ2n) is 5.92. The first-order valence-corrected chi connectivity index (χ1v) is 8.05. The zero-order valence-electron chi connectivity index (χ0n) is 13.1. The molecule has 1 aromatic carbocycles. The maximum atomic E-state index is 10.8. The van der Waals surface area contributed by atoms with E-state index in [-0.39, 0.29) is 12.0 Å². The number of rotatable bonds is 6. The predicted molar refractivity (Wildman–Crippen MR) is 83.4 cm³/mol. The number of piperidine rings is 1. The highest BCUT2D eigenvalue weighted by atomic mass is 16.7. The molecule has 126 valence electrons. The first-order chi connectivity index (χ1) is 11.2. The molecule has 1 unspecified atom stereocenters. The molecule has 0 amide bonds. The van der Waals surface area contributed by atoms with E-state index in [4.69, 9.17) is 14.2 Å². The van der Waals surface area contributed by atoms with E-state index in [0.717, 1.165) is 32.5 Å². The summed E-state index contributed by atoms with van der Waals surface area (Å²) in [6.45, 7) is 4.69. The van der Waals surface area contributed by atoms with Gasteiger partial charge in [-0.3, -0.25) is 15.0 Å². The number of ether oxygens (including phenoxy) is 3. The van der Waals surface area contributed by atoms with Crippen molar-refractivity contribution >= 4 is 5.69 Å². The van der Waals surface area contributed by atoms with E-state index in [0.29, 0.717) is 31.5 Å². The van der Waals surface area contributed by atoms with Crippen LogP contribution in [0.3, 0.4) is 0 Å². The first-order valence-electron chi connectivity index (χ1n) is 8.05. The molecule has 0 radical (unpaired) electrons. The highest BCUT2D eigenvalue weighted by Crippen LogP contribution is 2.25. The van der Waals surface area contributed by atoms with Crippen LogP contribution in [0.4, 0.5) is 5.69 Å². The van der Waals surface area contributed by atoms with Crippen molar-refractivity contribution in [3.05, 3.63) is 34.4 Å². The molecule has 2 aliphatic heterocycles. The van der Waals surface area contributed by atoms with E-state index in [9.17, 15) is 10.1 Å². The molecular weight excluding hydrogens is 300 g/mol. The summed E-state index contributed by atoms with van der Waals surface area (Å²) in [5.74, 6) is 0.958. The summed E-state index contributed by atoms with van der Waals surface area (Å²) < 4.78 is 16.9. The molecule has 0 saturated carbocycles. The van der Waals surface area contributed by atoms with Gasteiger partial charge in [-0.25, -0.2) is 0 Å². The van der Waals surface area contributed by atoms with Crippen molar-refractivity contribution < 1.29 is 19.1 Å². The largest absolute Gasteiger partial charge is 0.492 e. The van der Waals surface area contributed by atoms with Gasteiger partial charge in [-0.2, -0.15) is 0 Å². The Morgan fingerprint density at radius 3 is 2.96 bits per heavy atom. The Morgan fingerprint density at radius 1 is 1.35 bits per heavy atom. The van der Waals surface area contributed by atoms with Crippen LogP contribution in [0.1, 0.15) is 12.8 Å². The zero-order chi connectivity index (χ0) is 16.1. The van der Waals surface area contributed by atoms with Crippen LogP contribution in [-0.4, -0.2) is 55.6 Å². The molecule has 3 rings (SSSR count). The number of hydrogen-bond donors (Lipinski definition) is 0. The minimum absolute atomic E-state index is 0.0519. The second kappa shape index (κ2) is 7.72. The van der Waals surface area contributed by atoms with Gasteiger partial charge in [-0.05, 0) is 25.5 Å². The summed E-state index contributed by atoms with van der Waals surface area (Å²) in [5, 5.41) is 10.8. The van der Waals surface area contributed by atoms with Crippen LogP contribution in [0.25, 0.3) is 0 Å². The van der Waals surface area contributed by atoms with Gasteiger partial charge in [0.15, 0.2) is 6.29 Å². The van der Waals surface area contributed by atoms with E-state index in [1.807, 2.05) is 0 Å². The Labute approximate surface area is 135 Å². The summed E-state index contributed by atoms with van der Waals surface area (Å²) in [4.78, 5) is 12.7. The molecule has 2 aliphatic rings. The van der Waals surface area contributed by atoms with E-state index in [1.54, 1.807) is 12.1 Å². The fourth-order valence-corrected chi connectivity index (χ4v) is 3.14. The van der Waals surface area contributed by atoms with Gasteiger partial charge in [0.1, 0.15) is 12.4 Å². The minimum atomic E-state index is -0.413. The lowest BCUT2D eigenvalue weighted by molar-refractivity contribution is -0.384. The monoisotopic (exact) mass is 322 g/mol. The standard InChI is InChI=1S/C16H22N2O5/c19-18(20)14-4-1-5-15(11-14)21-8-7-17-6-2-3-13(12-17)16-22-9-10-23-16/h1,4-5,11,13,16H,2-3,6-10,12H2. The molecule has 1 aromatic rings. The van der Waals surface area contributed by atoms with Crippen LogP contribution in [0.2, 0.25) is 0 Å². The Balaban J connectivity index is 1.44. The highest BCUT2D eigenvalue weighted by Gasteiger charge is 2.30. The fourth-order valence-electron chi connectivity index (χ4n) is 3.14. The molecular formula is C16H22N2O5. The number of nitrogens with zero attached hydrogens (tertiary/aromatic N) is 2. The van der Waals surface area contributed by atoms with Gasteiger partial charge in [-0.15, -0.1) is 0 Å². The van der Waals surface area contributed by atoms with Crippen molar-refractivity contribution in [2.45, 2.75) is 19.1 Å². The predicted octanol–water partition coefficient (Wildman–Crippen LogP) is 2.06. The quantitative estimate of drug-likeness (QED) is 0.589. The molecule has 2 fully saturated rings. The van der Waals surface area contributed by atoms with Crippen LogP contribution in [0.15, 0.2) is 24.3 Å². The van der Waals surface area contributed by atoms with Crippen molar-refractivity contribution in [1.82, 2.24) is 4.90 Å². The molecule has 23 heavy (non-hydrogen) atoms. The van der Waals surface area contributed by atoms with Crippen molar-refractivity contribution in [3.63, 3.8) is 0 Å². The SMILES string of the molecule is O=[N+]([O-])c1cccc(OCCN2CCCC(C3OCCO3)C2)c1. The van der Waals surface area contributed by atoms with E-state index in [2.05, 4.69) is 4.90 Å². The van der Waals surface area contributed by atoms with Gasteiger partial charge >= 0.3 is 0 Å². The summed E-state index contributed by atoms with van der Waals surface area (Å²) >= 11 is 0. The lowest BCUT2D eigenvalue weighted by Gasteiger charge is -2.34. The smallest absolute Gasteiger partial charge is 0.273 e.